The fourth-order valence-electron chi connectivity index (χ4n) is 3.55. The second-order valence-corrected chi connectivity index (χ2v) is 7.90. The Hall–Kier alpha value is -4.32. The van der Waals surface area contributed by atoms with Gasteiger partial charge < -0.3 is 0 Å². The zero-order valence-electron chi connectivity index (χ0n) is 18.4. The summed E-state index contributed by atoms with van der Waals surface area (Å²) in [6, 6.07) is 26.6. The molecule has 4 rings (SSSR count). The van der Waals surface area contributed by atoms with Crippen LogP contribution >= 0.6 is 0 Å². The van der Waals surface area contributed by atoms with Crippen LogP contribution in [0.4, 0.5) is 0 Å². The summed E-state index contributed by atoms with van der Waals surface area (Å²) in [5.74, 6) is -0.172. The van der Waals surface area contributed by atoms with Gasteiger partial charge in [-0.05, 0) is 22.6 Å². The Morgan fingerprint density at radius 1 is 0.909 bits per heavy atom. The van der Waals surface area contributed by atoms with Crippen LogP contribution in [0.5, 0.6) is 0 Å². The van der Waals surface area contributed by atoms with Crippen LogP contribution in [0.2, 0.25) is 0 Å². The quantitative estimate of drug-likeness (QED) is 0.330. The molecule has 0 fully saturated rings. The number of aromatic amines is 1. The Morgan fingerprint density at radius 3 is 2.12 bits per heavy atom. The molecule has 33 heavy (non-hydrogen) atoms. The van der Waals surface area contributed by atoms with Crippen LogP contribution in [0, 0.1) is 0 Å². The van der Waals surface area contributed by atoms with Crippen molar-refractivity contribution >= 4 is 12.1 Å². The first-order chi connectivity index (χ1) is 16.0. The average molecular weight is 437 g/mol. The van der Waals surface area contributed by atoms with Crippen LogP contribution < -0.4 is 11.0 Å². The number of aromatic nitrogens is 2. The molecule has 0 bridgehead atoms. The molecule has 2 N–H and O–H groups in total. The fraction of sp³-hybridized carbons (Fsp3) is 0.111. The molecule has 0 saturated carbocycles. The summed E-state index contributed by atoms with van der Waals surface area (Å²) in [4.78, 5) is 25.8. The summed E-state index contributed by atoms with van der Waals surface area (Å²) < 4.78 is 0. The fourth-order valence-corrected chi connectivity index (χ4v) is 3.55. The Kier molecular flexibility index (Phi) is 6.55. The molecule has 6 nitrogen and oxygen atoms in total. The van der Waals surface area contributed by atoms with E-state index in [0.717, 1.165) is 11.1 Å². The lowest BCUT2D eigenvalue weighted by Gasteiger charge is -2.12. The molecule has 0 saturated heterocycles. The molecule has 0 atom stereocenters. The van der Waals surface area contributed by atoms with Gasteiger partial charge in [0.2, 0.25) is 0 Å². The van der Waals surface area contributed by atoms with Gasteiger partial charge in [-0.3, -0.25) is 9.59 Å². The van der Waals surface area contributed by atoms with Crippen LogP contribution in [0.1, 0.15) is 41.3 Å². The predicted molar refractivity (Wildman–Crippen MR) is 131 cm³/mol. The summed E-state index contributed by atoms with van der Waals surface area (Å²) in [5.41, 5.74) is 6.42. The van der Waals surface area contributed by atoms with E-state index in [0.29, 0.717) is 22.7 Å². The minimum Gasteiger partial charge on any atom is -0.267 e. The smallest absolute Gasteiger partial charge is 0.267 e. The summed E-state index contributed by atoms with van der Waals surface area (Å²) in [5, 5.41) is 10.8. The van der Waals surface area contributed by atoms with Gasteiger partial charge in [-0.2, -0.15) is 10.2 Å². The minimum absolute atomic E-state index is 0.0395. The number of hydrogen-bond acceptors (Lipinski definition) is 4. The Bertz CT molecular complexity index is 1330. The highest BCUT2D eigenvalue weighted by Crippen LogP contribution is 2.31. The summed E-state index contributed by atoms with van der Waals surface area (Å²) in [7, 11) is 0. The number of amides is 1. The van der Waals surface area contributed by atoms with E-state index in [2.05, 4.69) is 34.6 Å². The first-order valence-corrected chi connectivity index (χ1v) is 10.7. The number of carbonyl (C=O) groups is 1. The zero-order valence-corrected chi connectivity index (χ0v) is 18.4. The zero-order chi connectivity index (χ0) is 23.2. The number of hydrazone groups is 1. The lowest BCUT2D eigenvalue weighted by molar-refractivity contribution is 0.0954. The van der Waals surface area contributed by atoms with Gasteiger partial charge in [-0.1, -0.05) is 98.8 Å². The molecule has 3 aromatic carbocycles. The molecule has 4 aromatic rings. The Labute approximate surface area is 192 Å². The molecule has 6 heteroatoms. The number of carbonyl (C=O) groups excluding carboxylic acids is 1. The van der Waals surface area contributed by atoms with E-state index in [1.54, 1.807) is 6.21 Å². The van der Waals surface area contributed by atoms with E-state index in [1.165, 1.54) is 5.56 Å². The second kappa shape index (κ2) is 9.87. The molecule has 1 aromatic heterocycles. The number of benzene rings is 3. The third kappa shape index (κ3) is 4.96. The molecule has 0 aliphatic rings. The summed E-state index contributed by atoms with van der Waals surface area (Å²) in [6.45, 7) is 4.26. The van der Waals surface area contributed by atoms with Crippen LogP contribution in [-0.4, -0.2) is 22.3 Å². The highest BCUT2D eigenvalue weighted by atomic mass is 16.2. The molecule has 0 aliphatic carbocycles. The molecule has 0 radical (unpaired) electrons. The molecule has 0 spiro atoms. The number of nitrogens with one attached hydrogen (secondary N) is 2. The molecule has 0 unspecified atom stereocenters. The lowest BCUT2D eigenvalue weighted by atomic mass is 9.95. The van der Waals surface area contributed by atoms with Crippen LogP contribution in [-0.2, 0) is 0 Å². The number of hydrogen-bond donors (Lipinski definition) is 2. The van der Waals surface area contributed by atoms with E-state index >= 15 is 0 Å². The maximum atomic E-state index is 13.1. The topological polar surface area (TPSA) is 87.2 Å². The Morgan fingerprint density at radius 2 is 1.52 bits per heavy atom. The molecular weight excluding hydrogens is 412 g/mol. The SMILES string of the molecule is CC(C)c1ccc(C=NNC(=O)c2c(-c3ccccc3)c(-c3ccccc3)n[nH]c2=O)cc1. The van der Waals surface area contributed by atoms with Crippen molar-refractivity contribution < 1.29 is 4.79 Å². The van der Waals surface area contributed by atoms with Crippen LogP contribution in [0.25, 0.3) is 22.4 Å². The molecule has 164 valence electrons. The van der Waals surface area contributed by atoms with Gasteiger partial charge in [0.15, 0.2) is 0 Å². The maximum Gasteiger partial charge on any atom is 0.277 e. The molecule has 1 heterocycles. The van der Waals surface area contributed by atoms with Crippen LogP contribution in [0.3, 0.4) is 0 Å². The van der Waals surface area contributed by atoms with Gasteiger partial charge in [0, 0.05) is 11.1 Å². The van der Waals surface area contributed by atoms with Gasteiger partial charge in [0.25, 0.3) is 11.5 Å². The highest BCUT2D eigenvalue weighted by Gasteiger charge is 2.22. The van der Waals surface area contributed by atoms with Crippen molar-refractivity contribution in [1.29, 1.82) is 0 Å². The van der Waals surface area contributed by atoms with Crippen molar-refractivity contribution in [2.75, 3.05) is 0 Å². The summed E-state index contributed by atoms with van der Waals surface area (Å²) >= 11 is 0. The van der Waals surface area contributed by atoms with E-state index in [-0.39, 0.29) is 5.56 Å². The normalized spacial score (nSPS) is 11.1. The number of nitrogens with zero attached hydrogens (tertiary/aromatic N) is 2. The van der Waals surface area contributed by atoms with Gasteiger partial charge in [0.05, 0.1) is 11.9 Å². The van der Waals surface area contributed by atoms with E-state index < -0.39 is 11.5 Å². The third-order valence-corrected chi connectivity index (χ3v) is 5.30. The molecule has 1 amide bonds. The number of rotatable bonds is 6. The van der Waals surface area contributed by atoms with Gasteiger partial charge in [-0.25, -0.2) is 10.5 Å². The van der Waals surface area contributed by atoms with Crippen molar-refractivity contribution in [2.24, 2.45) is 5.10 Å². The predicted octanol–water partition coefficient (Wildman–Crippen LogP) is 4.99. The van der Waals surface area contributed by atoms with Crippen molar-refractivity contribution in [1.82, 2.24) is 15.6 Å². The van der Waals surface area contributed by atoms with Crippen molar-refractivity contribution in [3.63, 3.8) is 0 Å². The van der Waals surface area contributed by atoms with Gasteiger partial charge in [-0.15, -0.1) is 0 Å². The largest absolute Gasteiger partial charge is 0.277 e. The minimum atomic E-state index is -0.607. The summed E-state index contributed by atoms with van der Waals surface area (Å²) in [6.07, 6.45) is 1.55. The van der Waals surface area contributed by atoms with Crippen molar-refractivity contribution in [3.8, 4) is 22.4 Å². The highest BCUT2D eigenvalue weighted by molar-refractivity contribution is 6.03. The molecule has 0 aliphatic heterocycles. The van der Waals surface area contributed by atoms with Crippen molar-refractivity contribution in [3.05, 3.63) is 112 Å². The second-order valence-electron chi connectivity index (χ2n) is 7.90. The first kappa shape index (κ1) is 21.9. The molecular formula is C27H24N4O2. The van der Waals surface area contributed by atoms with E-state index in [4.69, 9.17) is 0 Å². The van der Waals surface area contributed by atoms with Crippen LogP contribution in [0.15, 0.2) is 94.8 Å². The monoisotopic (exact) mass is 436 g/mol. The number of H-pyrrole nitrogens is 1. The first-order valence-electron chi connectivity index (χ1n) is 10.7. The maximum absolute atomic E-state index is 13.1. The van der Waals surface area contributed by atoms with E-state index in [1.807, 2.05) is 84.9 Å². The average Bonchev–Trinajstić information content (AvgIpc) is 2.85. The lowest BCUT2D eigenvalue weighted by Crippen LogP contribution is -2.28. The van der Waals surface area contributed by atoms with Gasteiger partial charge in [0.1, 0.15) is 5.56 Å². The van der Waals surface area contributed by atoms with E-state index in [9.17, 15) is 9.59 Å². The van der Waals surface area contributed by atoms with Crippen molar-refractivity contribution in [2.45, 2.75) is 19.8 Å². The standard InChI is InChI=1S/C27H24N4O2/c1-18(2)20-15-13-19(14-16-20)17-28-30-26(32)24-23(21-9-5-3-6-10-21)25(29-31-27(24)33)22-11-7-4-8-12-22/h3-18H,1-2H3,(H,30,32)(H,31,33). The van der Waals surface area contributed by atoms with Gasteiger partial charge >= 0.3 is 0 Å². The third-order valence-electron chi connectivity index (χ3n) is 5.30. The Balaban J connectivity index is 1.70.